The van der Waals surface area contributed by atoms with Gasteiger partial charge in [-0.05, 0) is 38.5 Å². The Morgan fingerprint density at radius 3 is 2.67 bits per heavy atom. The monoisotopic (exact) mass is 169 g/mol. The Bertz CT molecular complexity index is 125. The van der Waals surface area contributed by atoms with E-state index in [4.69, 9.17) is 4.74 Å². The van der Waals surface area contributed by atoms with Crippen LogP contribution in [0.1, 0.15) is 32.6 Å². The van der Waals surface area contributed by atoms with Gasteiger partial charge in [0.2, 0.25) is 0 Å². The Labute approximate surface area is 74.7 Å². The van der Waals surface area contributed by atoms with Gasteiger partial charge in [0.15, 0.2) is 0 Å². The fraction of sp³-hybridized carbons (Fsp3) is 1.00. The zero-order valence-corrected chi connectivity index (χ0v) is 7.88. The summed E-state index contributed by atoms with van der Waals surface area (Å²) in [6.07, 6.45) is 5.93. The van der Waals surface area contributed by atoms with Crippen molar-refractivity contribution in [2.24, 2.45) is 5.92 Å². The van der Waals surface area contributed by atoms with Gasteiger partial charge in [-0.3, -0.25) is 0 Å². The van der Waals surface area contributed by atoms with Crippen molar-refractivity contribution in [2.75, 3.05) is 13.2 Å². The second-order valence-corrected chi connectivity index (χ2v) is 4.27. The van der Waals surface area contributed by atoms with Crippen LogP contribution in [0.2, 0.25) is 0 Å². The molecule has 0 amide bonds. The van der Waals surface area contributed by atoms with Gasteiger partial charge < -0.3 is 10.1 Å². The third kappa shape index (κ3) is 3.11. The van der Waals surface area contributed by atoms with Crippen LogP contribution < -0.4 is 5.32 Å². The summed E-state index contributed by atoms with van der Waals surface area (Å²) < 4.78 is 5.68. The van der Waals surface area contributed by atoms with Crippen molar-refractivity contribution >= 4 is 0 Å². The highest BCUT2D eigenvalue weighted by Crippen LogP contribution is 2.29. The van der Waals surface area contributed by atoms with Crippen molar-refractivity contribution in [1.29, 1.82) is 0 Å². The average Bonchev–Trinajstić information content (AvgIpc) is 2.89. The number of hydrogen-bond donors (Lipinski definition) is 1. The highest BCUT2D eigenvalue weighted by atomic mass is 16.5. The molecule has 2 nitrogen and oxygen atoms in total. The summed E-state index contributed by atoms with van der Waals surface area (Å²) in [6, 6.07) is 0.817. The lowest BCUT2D eigenvalue weighted by Crippen LogP contribution is -2.28. The van der Waals surface area contributed by atoms with E-state index < -0.39 is 0 Å². The van der Waals surface area contributed by atoms with Gasteiger partial charge in [0, 0.05) is 19.2 Å². The molecule has 0 saturated heterocycles. The van der Waals surface area contributed by atoms with E-state index in [0.717, 1.165) is 25.1 Å². The minimum atomic E-state index is 0.409. The maximum atomic E-state index is 5.68. The molecule has 1 N–H and O–H groups in total. The predicted molar refractivity (Wildman–Crippen MR) is 49.2 cm³/mol. The molecule has 0 aromatic carbocycles. The van der Waals surface area contributed by atoms with Crippen LogP contribution in [-0.2, 0) is 4.74 Å². The van der Waals surface area contributed by atoms with Crippen molar-refractivity contribution in [1.82, 2.24) is 5.32 Å². The molecule has 2 rings (SSSR count). The van der Waals surface area contributed by atoms with Gasteiger partial charge in [0.25, 0.3) is 0 Å². The summed E-state index contributed by atoms with van der Waals surface area (Å²) in [5.41, 5.74) is 0. The van der Waals surface area contributed by atoms with Crippen LogP contribution in [0, 0.1) is 5.92 Å². The molecule has 2 aliphatic rings. The van der Waals surface area contributed by atoms with Crippen LogP contribution in [0.5, 0.6) is 0 Å². The van der Waals surface area contributed by atoms with E-state index in [1.54, 1.807) is 0 Å². The van der Waals surface area contributed by atoms with Gasteiger partial charge in [0.05, 0.1) is 6.10 Å². The molecule has 0 aromatic rings. The third-order valence-electron chi connectivity index (χ3n) is 2.58. The summed E-state index contributed by atoms with van der Waals surface area (Å²) in [6.45, 7) is 4.20. The first-order chi connectivity index (χ1) is 5.84. The minimum absolute atomic E-state index is 0.409. The largest absolute Gasteiger partial charge is 0.377 e. The van der Waals surface area contributed by atoms with Crippen LogP contribution in [0.3, 0.4) is 0 Å². The van der Waals surface area contributed by atoms with Crippen molar-refractivity contribution in [2.45, 2.75) is 44.8 Å². The van der Waals surface area contributed by atoms with Crippen LogP contribution in [0.4, 0.5) is 0 Å². The number of hydrogen-bond acceptors (Lipinski definition) is 2. The Hall–Kier alpha value is -0.0800. The standard InChI is InChI=1S/C10H19NO/c1-8(6-11-10-4-5-10)12-7-9-2-3-9/h8-11H,2-7H2,1H3. The SMILES string of the molecule is CC(CNC1CC1)OCC1CC1. The first-order valence-corrected chi connectivity index (χ1v) is 5.19. The summed E-state index contributed by atoms with van der Waals surface area (Å²) >= 11 is 0. The highest BCUT2D eigenvalue weighted by molar-refractivity contribution is 4.81. The molecule has 2 fully saturated rings. The van der Waals surface area contributed by atoms with Gasteiger partial charge in [-0.25, -0.2) is 0 Å². The van der Waals surface area contributed by atoms with Crippen molar-refractivity contribution < 1.29 is 4.74 Å². The van der Waals surface area contributed by atoms with Crippen LogP contribution in [-0.4, -0.2) is 25.3 Å². The number of ether oxygens (including phenoxy) is 1. The van der Waals surface area contributed by atoms with Gasteiger partial charge in [-0.1, -0.05) is 0 Å². The number of nitrogens with one attached hydrogen (secondary N) is 1. The third-order valence-corrected chi connectivity index (χ3v) is 2.58. The van der Waals surface area contributed by atoms with E-state index in [9.17, 15) is 0 Å². The summed E-state index contributed by atoms with van der Waals surface area (Å²) in [5.74, 6) is 0.897. The van der Waals surface area contributed by atoms with E-state index >= 15 is 0 Å². The fourth-order valence-electron chi connectivity index (χ4n) is 1.26. The summed E-state index contributed by atoms with van der Waals surface area (Å²) in [4.78, 5) is 0. The molecule has 0 bridgehead atoms. The quantitative estimate of drug-likeness (QED) is 0.651. The molecule has 1 unspecified atom stereocenters. The molecule has 2 heteroatoms. The summed E-state index contributed by atoms with van der Waals surface area (Å²) in [5, 5.41) is 3.48. The lowest BCUT2D eigenvalue weighted by molar-refractivity contribution is 0.0581. The second kappa shape index (κ2) is 3.75. The van der Waals surface area contributed by atoms with Crippen LogP contribution in [0.15, 0.2) is 0 Å². The van der Waals surface area contributed by atoms with E-state index in [0.29, 0.717) is 6.10 Å². The predicted octanol–water partition coefficient (Wildman–Crippen LogP) is 1.55. The zero-order chi connectivity index (χ0) is 8.39. The van der Waals surface area contributed by atoms with Crippen molar-refractivity contribution in [3.05, 3.63) is 0 Å². The lowest BCUT2D eigenvalue weighted by Gasteiger charge is -2.12. The van der Waals surface area contributed by atoms with Crippen LogP contribution in [0.25, 0.3) is 0 Å². The molecule has 0 heterocycles. The van der Waals surface area contributed by atoms with Crippen molar-refractivity contribution in [3.63, 3.8) is 0 Å². The Balaban J connectivity index is 1.47. The van der Waals surface area contributed by atoms with Gasteiger partial charge in [0.1, 0.15) is 0 Å². The summed E-state index contributed by atoms with van der Waals surface area (Å²) in [7, 11) is 0. The van der Waals surface area contributed by atoms with Gasteiger partial charge >= 0.3 is 0 Å². The molecular weight excluding hydrogens is 150 g/mol. The Kier molecular flexibility index (Phi) is 2.66. The molecule has 0 aliphatic heterocycles. The maximum Gasteiger partial charge on any atom is 0.0671 e. The van der Waals surface area contributed by atoms with Crippen molar-refractivity contribution in [3.8, 4) is 0 Å². The van der Waals surface area contributed by atoms with E-state index in [-0.39, 0.29) is 0 Å². The second-order valence-electron chi connectivity index (χ2n) is 4.27. The van der Waals surface area contributed by atoms with E-state index in [2.05, 4.69) is 12.2 Å². The molecule has 12 heavy (non-hydrogen) atoms. The molecule has 2 aliphatic carbocycles. The Morgan fingerprint density at radius 2 is 2.08 bits per heavy atom. The molecule has 0 aromatic heterocycles. The minimum Gasteiger partial charge on any atom is -0.377 e. The molecule has 2 saturated carbocycles. The highest BCUT2D eigenvalue weighted by Gasteiger charge is 2.23. The lowest BCUT2D eigenvalue weighted by atomic mass is 10.4. The smallest absolute Gasteiger partial charge is 0.0671 e. The van der Waals surface area contributed by atoms with Crippen LogP contribution >= 0.6 is 0 Å². The van der Waals surface area contributed by atoms with E-state index in [1.807, 2.05) is 0 Å². The topological polar surface area (TPSA) is 21.3 Å². The molecule has 0 spiro atoms. The normalized spacial score (nSPS) is 25.8. The maximum absolute atomic E-state index is 5.68. The molecular formula is C10H19NO. The first-order valence-electron chi connectivity index (χ1n) is 5.19. The number of rotatable bonds is 6. The van der Waals surface area contributed by atoms with Gasteiger partial charge in [-0.15, -0.1) is 0 Å². The van der Waals surface area contributed by atoms with E-state index in [1.165, 1.54) is 25.7 Å². The van der Waals surface area contributed by atoms with Gasteiger partial charge in [-0.2, -0.15) is 0 Å². The molecule has 0 radical (unpaired) electrons. The average molecular weight is 169 g/mol. The Morgan fingerprint density at radius 1 is 1.33 bits per heavy atom. The molecule has 70 valence electrons. The first kappa shape index (κ1) is 8.52. The fourth-order valence-corrected chi connectivity index (χ4v) is 1.26. The zero-order valence-electron chi connectivity index (χ0n) is 7.88. The molecule has 1 atom stereocenters.